The predicted octanol–water partition coefficient (Wildman–Crippen LogP) is 4.81. The van der Waals surface area contributed by atoms with Crippen LogP contribution in [-0.4, -0.2) is 7.05 Å². The molecule has 0 radical (unpaired) electrons. The van der Waals surface area contributed by atoms with Crippen molar-refractivity contribution in [3.05, 3.63) is 69.2 Å². The Morgan fingerprint density at radius 3 is 2.53 bits per heavy atom. The van der Waals surface area contributed by atoms with E-state index in [9.17, 15) is 0 Å². The topological polar surface area (TPSA) is 12.0 Å². The molecule has 0 aliphatic heterocycles. The quantitative estimate of drug-likeness (QED) is 0.853. The van der Waals surface area contributed by atoms with Gasteiger partial charge in [-0.1, -0.05) is 53.5 Å². The summed E-state index contributed by atoms with van der Waals surface area (Å²) in [7, 11) is 1.95. The minimum atomic E-state index is 0.186. The van der Waals surface area contributed by atoms with E-state index in [-0.39, 0.29) is 6.04 Å². The third-order valence-corrected chi connectivity index (χ3v) is 4.03. The first-order valence-corrected chi connectivity index (χ1v) is 7.04. The number of aryl methyl sites for hydroxylation is 1. The summed E-state index contributed by atoms with van der Waals surface area (Å²) >= 11 is 12.4. The van der Waals surface area contributed by atoms with Gasteiger partial charge in [-0.05, 0) is 49.2 Å². The lowest BCUT2D eigenvalue weighted by atomic mass is 9.97. The Morgan fingerprint density at radius 1 is 1.11 bits per heavy atom. The molecule has 1 unspecified atom stereocenters. The van der Waals surface area contributed by atoms with Gasteiger partial charge in [-0.2, -0.15) is 0 Å². The summed E-state index contributed by atoms with van der Waals surface area (Å²) in [5.41, 5.74) is 3.43. The molecule has 0 aliphatic carbocycles. The summed E-state index contributed by atoms with van der Waals surface area (Å²) in [5, 5.41) is 4.93. The first-order valence-electron chi connectivity index (χ1n) is 6.28. The molecule has 19 heavy (non-hydrogen) atoms. The number of halogens is 2. The molecule has 1 atom stereocenters. The highest BCUT2D eigenvalue weighted by Crippen LogP contribution is 2.28. The van der Waals surface area contributed by atoms with E-state index in [4.69, 9.17) is 23.2 Å². The summed E-state index contributed by atoms with van der Waals surface area (Å²) in [5.74, 6) is 0. The molecule has 2 aromatic rings. The van der Waals surface area contributed by atoms with E-state index in [1.165, 1.54) is 5.56 Å². The second kappa shape index (κ2) is 6.42. The van der Waals surface area contributed by atoms with Gasteiger partial charge in [-0.15, -0.1) is 0 Å². The molecule has 1 nitrogen and oxygen atoms in total. The van der Waals surface area contributed by atoms with Gasteiger partial charge < -0.3 is 5.32 Å². The first-order chi connectivity index (χ1) is 9.11. The molecule has 0 aliphatic rings. The van der Waals surface area contributed by atoms with Crippen molar-refractivity contribution < 1.29 is 0 Å². The van der Waals surface area contributed by atoms with Crippen LogP contribution in [0.3, 0.4) is 0 Å². The van der Waals surface area contributed by atoms with Crippen molar-refractivity contribution in [2.75, 3.05) is 7.05 Å². The van der Waals surface area contributed by atoms with Crippen LogP contribution in [0, 0.1) is 6.92 Å². The van der Waals surface area contributed by atoms with Crippen molar-refractivity contribution in [1.29, 1.82) is 0 Å². The molecule has 100 valence electrons. The fourth-order valence-corrected chi connectivity index (χ4v) is 2.68. The second-order valence-corrected chi connectivity index (χ2v) is 5.47. The molecule has 0 amide bonds. The van der Waals surface area contributed by atoms with Crippen molar-refractivity contribution in [1.82, 2.24) is 5.32 Å². The van der Waals surface area contributed by atoms with E-state index in [0.29, 0.717) is 0 Å². The molecule has 0 heterocycles. The molecular formula is C16H17Cl2N. The number of likely N-dealkylation sites (N-methyl/N-ethyl adjacent to an activating group) is 1. The summed E-state index contributed by atoms with van der Waals surface area (Å²) in [6.07, 6.45) is 0.861. The normalized spacial score (nSPS) is 12.4. The number of rotatable bonds is 4. The van der Waals surface area contributed by atoms with Gasteiger partial charge in [0.05, 0.1) is 0 Å². The summed E-state index contributed by atoms with van der Waals surface area (Å²) in [4.78, 5) is 0. The van der Waals surface area contributed by atoms with Crippen LogP contribution in [0.15, 0.2) is 42.5 Å². The van der Waals surface area contributed by atoms with Gasteiger partial charge in [0.25, 0.3) is 0 Å². The van der Waals surface area contributed by atoms with Crippen LogP contribution in [0.25, 0.3) is 0 Å². The van der Waals surface area contributed by atoms with Gasteiger partial charge in [0.15, 0.2) is 0 Å². The number of hydrogen-bond donors (Lipinski definition) is 1. The zero-order chi connectivity index (χ0) is 13.8. The lowest BCUT2D eigenvalue weighted by Gasteiger charge is -2.19. The van der Waals surface area contributed by atoms with Gasteiger partial charge in [-0.3, -0.25) is 0 Å². The SMILES string of the molecule is CNC(Cc1cccc(Cl)c1)c1cccc(C)c1Cl. The minimum absolute atomic E-state index is 0.186. The highest BCUT2D eigenvalue weighted by molar-refractivity contribution is 6.32. The molecule has 0 spiro atoms. The van der Waals surface area contributed by atoms with E-state index in [1.807, 2.05) is 44.3 Å². The molecule has 2 rings (SSSR count). The fourth-order valence-electron chi connectivity index (χ4n) is 2.21. The standard InChI is InChI=1S/C16H17Cl2N/c1-11-5-3-8-14(16(11)18)15(19-2)10-12-6-4-7-13(17)9-12/h3-9,15,19H,10H2,1-2H3. The zero-order valence-electron chi connectivity index (χ0n) is 11.1. The number of nitrogens with one attached hydrogen (secondary N) is 1. The molecule has 3 heteroatoms. The van der Waals surface area contributed by atoms with Crippen LogP contribution in [-0.2, 0) is 6.42 Å². The maximum absolute atomic E-state index is 6.40. The molecule has 2 aromatic carbocycles. The van der Waals surface area contributed by atoms with Crippen molar-refractivity contribution in [3.63, 3.8) is 0 Å². The Bertz CT molecular complexity index is 566. The lowest BCUT2D eigenvalue weighted by molar-refractivity contribution is 0.592. The van der Waals surface area contributed by atoms with E-state index >= 15 is 0 Å². The molecular weight excluding hydrogens is 277 g/mol. The predicted molar refractivity (Wildman–Crippen MR) is 83.1 cm³/mol. The molecule has 0 aromatic heterocycles. The summed E-state index contributed by atoms with van der Waals surface area (Å²) < 4.78 is 0. The minimum Gasteiger partial charge on any atom is -0.313 e. The van der Waals surface area contributed by atoms with Crippen molar-refractivity contribution in [2.24, 2.45) is 0 Å². The van der Waals surface area contributed by atoms with E-state index in [0.717, 1.165) is 27.6 Å². The van der Waals surface area contributed by atoms with Crippen LogP contribution >= 0.6 is 23.2 Å². The highest BCUT2D eigenvalue weighted by Gasteiger charge is 2.14. The molecule has 1 N–H and O–H groups in total. The van der Waals surface area contributed by atoms with Crippen LogP contribution < -0.4 is 5.32 Å². The Morgan fingerprint density at radius 2 is 1.84 bits per heavy atom. The van der Waals surface area contributed by atoms with Crippen LogP contribution in [0.4, 0.5) is 0 Å². The molecule has 0 saturated carbocycles. The van der Waals surface area contributed by atoms with Crippen molar-refractivity contribution in [3.8, 4) is 0 Å². The van der Waals surface area contributed by atoms with Gasteiger partial charge in [-0.25, -0.2) is 0 Å². The Kier molecular flexibility index (Phi) is 4.87. The van der Waals surface area contributed by atoms with E-state index in [1.54, 1.807) is 0 Å². The van der Waals surface area contributed by atoms with E-state index < -0.39 is 0 Å². The van der Waals surface area contributed by atoms with Crippen LogP contribution in [0.1, 0.15) is 22.7 Å². The Labute approximate surface area is 124 Å². The lowest BCUT2D eigenvalue weighted by Crippen LogP contribution is -2.19. The van der Waals surface area contributed by atoms with Crippen LogP contribution in [0.2, 0.25) is 10.0 Å². The van der Waals surface area contributed by atoms with Crippen molar-refractivity contribution in [2.45, 2.75) is 19.4 Å². The highest BCUT2D eigenvalue weighted by atomic mass is 35.5. The van der Waals surface area contributed by atoms with E-state index in [2.05, 4.69) is 17.4 Å². The number of hydrogen-bond acceptors (Lipinski definition) is 1. The summed E-state index contributed by atoms with van der Waals surface area (Å²) in [6, 6.07) is 14.3. The summed E-state index contributed by atoms with van der Waals surface area (Å²) in [6.45, 7) is 2.03. The average Bonchev–Trinajstić information content (AvgIpc) is 2.40. The third kappa shape index (κ3) is 3.50. The van der Waals surface area contributed by atoms with Crippen LogP contribution in [0.5, 0.6) is 0 Å². The smallest absolute Gasteiger partial charge is 0.0483 e. The van der Waals surface area contributed by atoms with Gasteiger partial charge in [0.1, 0.15) is 0 Å². The average molecular weight is 294 g/mol. The maximum Gasteiger partial charge on any atom is 0.0483 e. The fraction of sp³-hybridized carbons (Fsp3) is 0.250. The first kappa shape index (κ1) is 14.4. The third-order valence-electron chi connectivity index (χ3n) is 3.27. The Balaban J connectivity index is 2.28. The van der Waals surface area contributed by atoms with Gasteiger partial charge >= 0.3 is 0 Å². The molecule has 0 bridgehead atoms. The molecule has 0 saturated heterocycles. The molecule has 0 fully saturated rings. The zero-order valence-corrected chi connectivity index (χ0v) is 12.6. The largest absolute Gasteiger partial charge is 0.313 e. The van der Waals surface area contributed by atoms with Gasteiger partial charge in [0, 0.05) is 16.1 Å². The van der Waals surface area contributed by atoms with Gasteiger partial charge in [0.2, 0.25) is 0 Å². The monoisotopic (exact) mass is 293 g/mol. The second-order valence-electron chi connectivity index (χ2n) is 4.65. The maximum atomic E-state index is 6.40. The number of benzene rings is 2. The van der Waals surface area contributed by atoms with Crippen molar-refractivity contribution >= 4 is 23.2 Å². The Hall–Kier alpha value is -1.02.